The summed E-state index contributed by atoms with van der Waals surface area (Å²) in [5.74, 6) is 0.643. The van der Waals surface area contributed by atoms with Gasteiger partial charge in [-0.1, -0.05) is 22.0 Å². The van der Waals surface area contributed by atoms with Crippen molar-refractivity contribution >= 4 is 22.0 Å². The average Bonchev–Trinajstić information content (AvgIpc) is 2.37. The van der Waals surface area contributed by atoms with Gasteiger partial charge in [-0.2, -0.15) is 5.26 Å². The van der Waals surface area contributed by atoms with E-state index >= 15 is 0 Å². The molecule has 5 nitrogen and oxygen atoms in total. The maximum Gasteiger partial charge on any atom is 0.408 e. The van der Waals surface area contributed by atoms with Crippen LogP contribution in [0.3, 0.4) is 0 Å². The monoisotopic (exact) mass is 354 g/mol. The second-order valence-corrected chi connectivity index (χ2v) is 6.47. The van der Waals surface area contributed by atoms with Gasteiger partial charge in [0.25, 0.3) is 0 Å². The van der Waals surface area contributed by atoms with Crippen LogP contribution in [0, 0.1) is 11.3 Å². The predicted molar refractivity (Wildman–Crippen MR) is 83.2 cm³/mol. The van der Waals surface area contributed by atoms with Gasteiger partial charge in [-0.15, -0.1) is 0 Å². The van der Waals surface area contributed by atoms with Crippen LogP contribution in [-0.4, -0.2) is 24.8 Å². The van der Waals surface area contributed by atoms with E-state index in [1.165, 1.54) is 0 Å². The number of nitrogens with one attached hydrogen (secondary N) is 1. The number of carbonyl (C=O) groups is 1. The summed E-state index contributed by atoms with van der Waals surface area (Å²) < 4.78 is 11.3. The summed E-state index contributed by atoms with van der Waals surface area (Å²) in [5.41, 5.74) is 0.391. The summed E-state index contributed by atoms with van der Waals surface area (Å²) in [6.07, 6.45) is -1.21. The van der Waals surface area contributed by atoms with E-state index in [0.29, 0.717) is 5.75 Å². The lowest BCUT2D eigenvalue weighted by molar-refractivity contribution is 0.114. The Hall–Kier alpha value is -1.74. The Balaban J connectivity index is 2.75. The zero-order valence-corrected chi connectivity index (χ0v) is 14.2. The summed E-state index contributed by atoms with van der Waals surface area (Å²) >= 11 is 3.35. The van der Waals surface area contributed by atoms with Crippen molar-refractivity contribution in [2.45, 2.75) is 38.8 Å². The van der Waals surface area contributed by atoms with Crippen LogP contribution >= 0.6 is 15.9 Å². The Morgan fingerprint density at radius 1 is 1.48 bits per heavy atom. The van der Waals surface area contributed by atoms with Gasteiger partial charge in [0.1, 0.15) is 11.8 Å². The number of benzene rings is 1. The Kier molecular flexibility index (Phi) is 6.03. The van der Waals surface area contributed by atoms with Crippen LogP contribution in [0.5, 0.6) is 5.75 Å². The molecule has 0 saturated carbocycles. The predicted octanol–water partition coefficient (Wildman–Crippen LogP) is 3.42. The first-order valence-corrected chi connectivity index (χ1v) is 7.25. The molecule has 0 bridgehead atoms. The van der Waals surface area contributed by atoms with Gasteiger partial charge in [0, 0.05) is 16.4 Å². The maximum absolute atomic E-state index is 11.7. The number of halogens is 1. The Morgan fingerprint density at radius 2 is 2.14 bits per heavy atom. The summed E-state index contributed by atoms with van der Waals surface area (Å²) in [4.78, 5) is 11.7. The third-order valence-electron chi connectivity index (χ3n) is 2.52. The van der Waals surface area contributed by atoms with Gasteiger partial charge < -0.3 is 14.8 Å². The van der Waals surface area contributed by atoms with E-state index in [0.717, 1.165) is 10.0 Å². The molecule has 0 saturated heterocycles. The largest absolute Gasteiger partial charge is 0.496 e. The van der Waals surface area contributed by atoms with Gasteiger partial charge in [0.2, 0.25) is 0 Å². The smallest absolute Gasteiger partial charge is 0.408 e. The number of amides is 1. The van der Waals surface area contributed by atoms with Crippen molar-refractivity contribution in [3.63, 3.8) is 0 Å². The first kappa shape index (κ1) is 17.3. The fraction of sp³-hybridized carbons (Fsp3) is 0.467. The molecule has 0 aromatic heterocycles. The summed E-state index contributed by atoms with van der Waals surface area (Å²) in [6, 6.07) is 7.47. The van der Waals surface area contributed by atoms with Crippen molar-refractivity contribution in [1.29, 1.82) is 5.26 Å². The number of ether oxygens (including phenoxy) is 2. The number of carbonyl (C=O) groups excluding carboxylic acids is 1. The number of methoxy groups -OCH3 is 1. The molecule has 0 aliphatic carbocycles. The van der Waals surface area contributed by atoms with E-state index in [4.69, 9.17) is 14.7 Å². The molecule has 1 N–H and O–H groups in total. The molecule has 0 aliphatic rings. The van der Waals surface area contributed by atoms with Gasteiger partial charge in [-0.3, -0.25) is 0 Å². The lowest BCUT2D eigenvalue weighted by Crippen LogP contribution is -2.42. The van der Waals surface area contributed by atoms with Crippen LogP contribution in [-0.2, 0) is 11.2 Å². The normalized spacial score (nSPS) is 12.2. The van der Waals surface area contributed by atoms with Crippen molar-refractivity contribution in [2.75, 3.05) is 7.11 Å². The van der Waals surface area contributed by atoms with E-state index < -0.39 is 17.7 Å². The Bertz CT molecular complexity index is 547. The van der Waals surface area contributed by atoms with E-state index in [-0.39, 0.29) is 6.42 Å². The minimum Gasteiger partial charge on any atom is -0.496 e. The van der Waals surface area contributed by atoms with Crippen LogP contribution in [0.15, 0.2) is 22.7 Å². The summed E-state index contributed by atoms with van der Waals surface area (Å²) in [6.45, 7) is 5.52. The molecule has 0 heterocycles. The number of hydrogen-bond donors (Lipinski definition) is 1. The van der Waals surface area contributed by atoms with E-state index in [1.807, 2.05) is 39.0 Å². The molecule has 0 spiro atoms. The third kappa shape index (κ3) is 6.05. The third-order valence-corrected chi connectivity index (χ3v) is 3.02. The summed E-state index contributed by atoms with van der Waals surface area (Å²) in [5, 5.41) is 11.8. The van der Waals surface area contributed by atoms with Crippen molar-refractivity contribution in [2.24, 2.45) is 0 Å². The molecular weight excluding hydrogens is 336 g/mol. The number of nitrogens with zero attached hydrogens (tertiary/aromatic N) is 1. The lowest BCUT2D eigenvalue weighted by Gasteiger charge is -2.21. The standard InChI is InChI=1S/C15H19BrN2O3/c1-15(2,3)18-14(19)21-12(9-17)7-10-5-6-11(16)8-13(10)20-4/h5-6,8,12H,7H2,1-4H3,(H,18,19)/t12-/m0/s1. The van der Waals surface area contributed by atoms with Crippen molar-refractivity contribution in [3.05, 3.63) is 28.2 Å². The fourth-order valence-electron chi connectivity index (χ4n) is 1.67. The highest BCUT2D eigenvalue weighted by atomic mass is 79.9. The Labute approximate surface area is 133 Å². The average molecular weight is 355 g/mol. The zero-order chi connectivity index (χ0) is 16.0. The van der Waals surface area contributed by atoms with Crippen LogP contribution in [0.1, 0.15) is 26.3 Å². The SMILES string of the molecule is COc1cc(Br)ccc1C[C@@H](C#N)OC(=O)NC(C)(C)C. The van der Waals surface area contributed by atoms with Crippen LogP contribution in [0.2, 0.25) is 0 Å². The highest BCUT2D eigenvalue weighted by molar-refractivity contribution is 9.10. The first-order chi connectivity index (χ1) is 9.75. The van der Waals surface area contributed by atoms with Gasteiger partial charge in [0.05, 0.1) is 7.11 Å². The molecule has 1 amide bonds. The maximum atomic E-state index is 11.7. The molecule has 114 valence electrons. The molecule has 0 fully saturated rings. The zero-order valence-electron chi connectivity index (χ0n) is 12.6. The topological polar surface area (TPSA) is 71.3 Å². The van der Waals surface area contributed by atoms with Gasteiger partial charge in [-0.25, -0.2) is 4.79 Å². The minimum atomic E-state index is -0.873. The molecule has 6 heteroatoms. The highest BCUT2D eigenvalue weighted by Crippen LogP contribution is 2.25. The van der Waals surface area contributed by atoms with Gasteiger partial charge in [0.15, 0.2) is 6.10 Å². The van der Waals surface area contributed by atoms with E-state index in [9.17, 15) is 4.79 Å². The van der Waals surface area contributed by atoms with Gasteiger partial charge in [-0.05, 0) is 38.5 Å². The molecule has 1 aromatic rings. The second-order valence-electron chi connectivity index (χ2n) is 5.56. The summed E-state index contributed by atoms with van der Waals surface area (Å²) in [7, 11) is 1.56. The van der Waals surface area contributed by atoms with Crippen molar-refractivity contribution in [3.8, 4) is 11.8 Å². The van der Waals surface area contributed by atoms with Gasteiger partial charge >= 0.3 is 6.09 Å². The number of rotatable bonds is 4. The highest BCUT2D eigenvalue weighted by Gasteiger charge is 2.20. The molecule has 1 atom stereocenters. The van der Waals surface area contributed by atoms with Crippen LogP contribution in [0.25, 0.3) is 0 Å². The van der Waals surface area contributed by atoms with E-state index in [1.54, 1.807) is 13.2 Å². The van der Waals surface area contributed by atoms with Crippen molar-refractivity contribution in [1.82, 2.24) is 5.32 Å². The molecule has 0 aliphatic heterocycles. The molecule has 0 unspecified atom stereocenters. The Morgan fingerprint density at radius 3 is 2.67 bits per heavy atom. The number of hydrogen-bond acceptors (Lipinski definition) is 4. The number of nitriles is 1. The number of alkyl carbamates (subject to hydrolysis) is 1. The minimum absolute atomic E-state index is 0.268. The molecule has 0 radical (unpaired) electrons. The fourth-order valence-corrected chi connectivity index (χ4v) is 2.01. The first-order valence-electron chi connectivity index (χ1n) is 6.46. The molecule has 1 rings (SSSR count). The molecule has 21 heavy (non-hydrogen) atoms. The van der Waals surface area contributed by atoms with E-state index in [2.05, 4.69) is 21.2 Å². The second kappa shape index (κ2) is 7.32. The van der Waals surface area contributed by atoms with Crippen LogP contribution in [0.4, 0.5) is 4.79 Å². The molecular formula is C15H19BrN2O3. The quantitative estimate of drug-likeness (QED) is 0.898. The lowest BCUT2D eigenvalue weighted by atomic mass is 10.1. The molecule has 1 aromatic carbocycles. The van der Waals surface area contributed by atoms with Crippen LogP contribution < -0.4 is 10.1 Å². The van der Waals surface area contributed by atoms with Crippen molar-refractivity contribution < 1.29 is 14.3 Å².